The van der Waals surface area contributed by atoms with E-state index in [1.807, 2.05) is 18.2 Å². The van der Waals surface area contributed by atoms with Crippen LogP contribution in [0.15, 0.2) is 215 Å². The second kappa shape index (κ2) is 12.9. The molecule has 0 amide bonds. The number of anilines is 3. The molecule has 0 unspecified atom stereocenters. The highest BCUT2D eigenvalue weighted by Gasteiger charge is 2.20. The average Bonchev–Trinajstić information content (AvgIpc) is 3.97. The first kappa shape index (κ1) is 32.4. The molecule has 4 heteroatoms. The number of fused-ring (bicyclic) bond motifs is 10. The maximum absolute atomic E-state index is 6.33. The quantitative estimate of drug-likeness (QED) is 0.170. The number of hydrogen-bond donors (Lipinski definition) is 0. The van der Waals surface area contributed by atoms with E-state index in [4.69, 9.17) is 8.83 Å². The molecule has 3 aromatic heterocycles. The van der Waals surface area contributed by atoms with Crippen LogP contribution in [0.4, 0.5) is 17.1 Å². The summed E-state index contributed by atoms with van der Waals surface area (Å²) in [4.78, 5) is 2.34. The van der Waals surface area contributed by atoms with Gasteiger partial charge in [0, 0.05) is 55.1 Å². The molecule has 12 rings (SSSR count). The SMILES string of the molecule is c1ccc(-c2ccc(N(c3ccc(-c4ccc5oc6ccccc6c5c4)cc3)c3ccc(-n4c5ccccc5c5c6c(ccc54)oc4ccccc46)cc3)cc2)cc1. The van der Waals surface area contributed by atoms with Crippen LogP contribution in [0.1, 0.15) is 0 Å². The summed E-state index contributed by atoms with van der Waals surface area (Å²) in [6.45, 7) is 0. The van der Waals surface area contributed by atoms with Crippen molar-refractivity contribution in [2.45, 2.75) is 0 Å². The summed E-state index contributed by atoms with van der Waals surface area (Å²) in [5, 5.41) is 6.97. The Morgan fingerprint density at radius 2 is 0.810 bits per heavy atom. The van der Waals surface area contributed by atoms with Crippen molar-refractivity contribution >= 4 is 82.7 Å². The molecule has 0 N–H and O–H groups in total. The van der Waals surface area contributed by atoms with Crippen LogP contribution in [0.25, 0.3) is 93.6 Å². The summed E-state index contributed by atoms with van der Waals surface area (Å²) >= 11 is 0. The van der Waals surface area contributed by atoms with Gasteiger partial charge in [-0.3, -0.25) is 0 Å². The van der Waals surface area contributed by atoms with Gasteiger partial charge in [-0.2, -0.15) is 0 Å². The van der Waals surface area contributed by atoms with E-state index >= 15 is 0 Å². The third kappa shape index (κ3) is 5.09. The Morgan fingerprint density at radius 3 is 1.53 bits per heavy atom. The maximum atomic E-state index is 6.33. The Morgan fingerprint density at radius 1 is 0.310 bits per heavy atom. The summed E-state index contributed by atoms with van der Waals surface area (Å²) in [5.74, 6) is 0. The minimum atomic E-state index is 0.902. The molecule has 3 heterocycles. The topological polar surface area (TPSA) is 34.5 Å². The van der Waals surface area contributed by atoms with E-state index in [1.54, 1.807) is 0 Å². The van der Waals surface area contributed by atoms with Crippen LogP contribution in [0.5, 0.6) is 0 Å². The van der Waals surface area contributed by atoms with Crippen molar-refractivity contribution in [2.75, 3.05) is 4.90 Å². The highest BCUT2D eigenvalue weighted by atomic mass is 16.3. The molecule has 0 saturated heterocycles. The lowest BCUT2D eigenvalue weighted by Gasteiger charge is -2.26. The number of aromatic nitrogens is 1. The van der Waals surface area contributed by atoms with Crippen molar-refractivity contribution in [1.29, 1.82) is 0 Å². The number of furan rings is 2. The maximum Gasteiger partial charge on any atom is 0.136 e. The van der Waals surface area contributed by atoms with Gasteiger partial charge in [-0.05, 0) is 113 Å². The number of benzene rings is 9. The second-order valence-corrected chi connectivity index (χ2v) is 14.9. The van der Waals surface area contributed by atoms with Gasteiger partial charge in [0.2, 0.25) is 0 Å². The number of rotatable bonds is 6. The first-order valence-electron chi connectivity index (χ1n) is 19.7. The van der Waals surface area contributed by atoms with Crippen molar-refractivity contribution in [3.8, 4) is 27.9 Å². The van der Waals surface area contributed by atoms with Gasteiger partial charge in [0.25, 0.3) is 0 Å². The van der Waals surface area contributed by atoms with Gasteiger partial charge < -0.3 is 18.3 Å². The molecular formula is C54H34N2O2. The molecule has 272 valence electrons. The zero-order valence-electron chi connectivity index (χ0n) is 31.3. The van der Waals surface area contributed by atoms with E-state index < -0.39 is 0 Å². The molecule has 0 fully saturated rings. The molecule has 0 atom stereocenters. The number of para-hydroxylation sites is 3. The van der Waals surface area contributed by atoms with Crippen LogP contribution >= 0.6 is 0 Å². The van der Waals surface area contributed by atoms with Crippen LogP contribution in [0.2, 0.25) is 0 Å². The zero-order valence-corrected chi connectivity index (χ0v) is 31.3. The highest BCUT2D eigenvalue weighted by molar-refractivity contribution is 6.27. The van der Waals surface area contributed by atoms with Crippen molar-refractivity contribution in [1.82, 2.24) is 4.57 Å². The smallest absolute Gasteiger partial charge is 0.136 e. The molecule has 0 bridgehead atoms. The Hall–Kier alpha value is -7.82. The van der Waals surface area contributed by atoms with Gasteiger partial charge in [-0.25, -0.2) is 0 Å². The molecule has 0 aliphatic carbocycles. The van der Waals surface area contributed by atoms with Gasteiger partial charge in [-0.1, -0.05) is 115 Å². The van der Waals surface area contributed by atoms with E-state index in [0.29, 0.717) is 0 Å². The fourth-order valence-corrected chi connectivity index (χ4v) is 8.89. The van der Waals surface area contributed by atoms with Crippen molar-refractivity contribution in [2.24, 2.45) is 0 Å². The molecule has 0 aliphatic rings. The molecular weight excluding hydrogens is 709 g/mol. The fourth-order valence-electron chi connectivity index (χ4n) is 8.89. The number of nitrogens with zero attached hydrogens (tertiary/aromatic N) is 2. The summed E-state index contributed by atoms with van der Waals surface area (Å²) in [5.41, 5.74) is 14.9. The second-order valence-electron chi connectivity index (χ2n) is 14.9. The predicted octanol–water partition coefficient (Wildman–Crippen LogP) is 15.4. The number of hydrogen-bond acceptors (Lipinski definition) is 3. The lowest BCUT2D eigenvalue weighted by Crippen LogP contribution is -2.10. The van der Waals surface area contributed by atoms with Crippen LogP contribution in [0.3, 0.4) is 0 Å². The first-order valence-corrected chi connectivity index (χ1v) is 19.7. The van der Waals surface area contributed by atoms with Crippen LogP contribution < -0.4 is 4.90 Å². The molecule has 4 nitrogen and oxygen atoms in total. The third-order valence-corrected chi connectivity index (χ3v) is 11.6. The third-order valence-electron chi connectivity index (χ3n) is 11.6. The Balaban J connectivity index is 0.970. The van der Waals surface area contributed by atoms with Gasteiger partial charge in [0.15, 0.2) is 0 Å². The molecule has 9 aromatic carbocycles. The van der Waals surface area contributed by atoms with E-state index in [9.17, 15) is 0 Å². The molecule has 0 aliphatic heterocycles. The molecule has 12 aromatic rings. The van der Waals surface area contributed by atoms with Crippen molar-refractivity contribution in [3.63, 3.8) is 0 Å². The molecule has 58 heavy (non-hydrogen) atoms. The van der Waals surface area contributed by atoms with Crippen LogP contribution in [-0.4, -0.2) is 4.57 Å². The molecule has 0 spiro atoms. The Bertz CT molecular complexity index is 3480. The normalized spacial score (nSPS) is 11.8. The van der Waals surface area contributed by atoms with Gasteiger partial charge in [0.1, 0.15) is 22.3 Å². The first-order chi connectivity index (χ1) is 28.7. The zero-order chi connectivity index (χ0) is 38.2. The molecule has 0 radical (unpaired) electrons. The van der Waals surface area contributed by atoms with E-state index in [2.05, 4.69) is 198 Å². The van der Waals surface area contributed by atoms with E-state index in [1.165, 1.54) is 21.9 Å². The highest BCUT2D eigenvalue weighted by Crippen LogP contribution is 2.43. The Labute approximate surface area is 334 Å². The summed E-state index contributed by atoms with van der Waals surface area (Å²) in [7, 11) is 0. The summed E-state index contributed by atoms with van der Waals surface area (Å²) in [6.07, 6.45) is 0. The van der Waals surface area contributed by atoms with Gasteiger partial charge >= 0.3 is 0 Å². The summed E-state index contributed by atoms with van der Waals surface area (Å²) < 4.78 is 14.8. The van der Waals surface area contributed by atoms with Crippen molar-refractivity contribution in [3.05, 3.63) is 206 Å². The van der Waals surface area contributed by atoms with E-state index in [0.717, 1.165) is 88.8 Å². The minimum Gasteiger partial charge on any atom is -0.456 e. The van der Waals surface area contributed by atoms with Crippen LogP contribution in [0, 0.1) is 0 Å². The lowest BCUT2D eigenvalue weighted by atomic mass is 10.0. The fraction of sp³-hybridized carbons (Fsp3) is 0. The predicted molar refractivity (Wildman–Crippen MR) is 241 cm³/mol. The van der Waals surface area contributed by atoms with Crippen molar-refractivity contribution < 1.29 is 8.83 Å². The summed E-state index contributed by atoms with van der Waals surface area (Å²) in [6, 6.07) is 73.3. The monoisotopic (exact) mass is 742 g/mol. The average molecular weight is 743 g/mol. The molecule has 0 saturated carbocycles. The van der Waals surface area contributed by atoms with Gasteiger partial charge in [0.05, 0.1) is 11.0 Å². The standard InChI is InChI=1S/C54H34N2O2/c1-2-10-35(11-3-1)36-18-23-39(24-19-36)55(40-25-20-37(21-26-40)38-22-32-51-46(34-38)43-12-5-8-16-49(43)57-51)41-27-29-42(30-28-41)56-47-15-7-4-13-44(47)53-48(56)31-33-52-54(53)45-14-6-9-17-50(45)58-52/h1-34H. The largest absolute Gasteiger partial charge is 0.456 e. The van der Waals surface area contributed by atoms with Gasteiger partial charge in [-0.15, -0.1) is 0 Å². The Kier molecular flexibility index (Phi) is 7.20. The minimum absolute atomic E-state index is 0.902. The van der Waals surface area contributed by atoms with E-state index in [-0.39, 0.29) is 0 Å². The lowest BCUT2D eigenvalue weighted by molar-refractivity contribution is 0.668. The van der Waals surface area contributed by atoms with Crippen LogP contribution in [-0.2, 0) is 0 Å².